The highest BCUT2D eigenvalue weighted by molar-refractivity contribution is 6.69. The minimum Gasteiger partial charge on any atom is -0.455 e. The van der Waals surface area contributed by atoms with Crippen molar-refractivity contribution in [3.63, 3.8) is 0 Å². The van der Waals surface area contributed by atoms with Gasteiger partial charge in [0, 0.05) is 22.1 Å². The topological polar surface area (TPSA) is 53.6 Å². The summed E-state index contributed by atoms with van der Waals surface area (Å²) in [4.78, 5) is 0. The normalized spacial score (nSPS) is 11.5. The summed E-state index contributed by atoms with van der Waals surface area (Å²) in [6.07, 6.45) is 0. The predicted octanol–water partition coefficient (Wildman–Crippen LogP) is -2.95. The first kappa shape index (κ1) is 23.8. The van der Waals surface area contributed by atoms with Crippen molar-refractivity contribution in [2.45, 2.75) is 0 Å². The Morgan fingerprint density at radius 1 is 0.486 bits per heavy atom. The molecule has 0 saturated heterocycles. The van der Waals surface area contributed by atoms with Crippen LogP contribution in [0.15, 0.2) is 77.2 Å². The Morgan fingerprint density at radius 3 is 1.43 bits per heavy atom. The molecule has 0 atom stereocenters. The highest BCUT2D eigenvalue weighted by Crippen LogP contribution is 2.45. The average Bonchev–Trinajstić information content (AvgIpc) is 3.27. The largest absolute Gasteiger partial charge is 0.489 e. The third kappa shape index (κ3) is 3.45. The summed E-state index contributed by atoms with van der Waals surface area (Å²) in [6.45, 7) is 0. The molecule has 9 heteroatoms. The molecule has 0 fully saturated rings. The van der Waals surface area contributed by atoms with E-state index in [9.17, 15) is 10.0 Å². The van der Waals surface area contributed by atoms with E-state index in [1.54, 1.807) is 0 Å². The molecule has 172 valence electrons. The molecule has 0 aliphatic rings. The van der Waals surface area contributed by atoms with Gasteiger partial charge in [0.1, 0.15) is 50.6 Å². The monoisotopic (exact) mass is 474 g/mol. The van der Waals surface area contributed by atoms with Crippen molar-refractivity contribution in [1.29, 1.82) is 0 Å². The molecule has 37 heavy (non-hydrogen) atoms. The fraction of sp³-hybridized carbons (Fsp3) is 0. The smallest absolute Gasteiger partial charge is 0.455 e. The lowest BCUT2D eigenvalue weighted by atomic mass is 9.60. The first-order valence-electron chi connectivity index (χ1n) is 12.7. The second-order valence-corrected chi connectivity index (χ2v) is 10.1. The fourth-order valence-corrected chi connectivity index (χ4v) is 6.02. The molecule has 0 spiro atoms. The van der Waals surface area contributed by atoms with Gasteiger partial charge in [-0.2, -0.15) is 0 Å². The lowest BCUT2D eigenvalue weighted by Gasteiger charge is -2.21. The predicted molar refractivity (Wildman–Crippen MR) is 173 cm³/mol. The minimum atomic E-state index is -1.59. The molecule has 0 unspecified atom stereocenters. The van der Waals surface area contributed by atoms with Crippen LogP contribution >= 0.6 is 0 Å². The molecule has 6 rings (SSSR count). The van der Waals surface area contributed by atoms with Gasteiger partial charge in [0.15, 0.2) is 0 Å². The number of para-hydroxylation sites is 1. The van der Waals surface area contributed by atoms with Crippen LogP contribution in [-0.4, -0.2) is 56.4 Å². The first-order chi connectivity index (χ1) is 17.8. The van der Waals surface area contributed by atoms with E-state index in [0.717, 1.165) is 55.0 Å². The van der Waals surface area contributed by atoms with Gasteiger partial charge in [0.2, 0.25) is 0 Å². The average molecular weight is 473 g/mol. The van der Waals surface area contributed by atoms with Crippen molar-refractivity contribution < 1.29 is 14.5 Å². The van der Waals surface area contributed by atoms with Crippen LogP contribution in [0.2, 0.25) is 0 Å². The van der Waals surface area contributed by atoms with Gasteiger partial charge in [-0.3, -0.25) is 0 Å². The third-order valence-corrected chi connectivity index (χ3v) is 8.30. The maximum Gasteiger partial charge on any atom is 0.489 e. The minimum absolute atomic E-state index is 0.527. The van der Waals surface area contributed by atoms with Gasteiger partial charge in [-0.25, -0.2) is 0 Å². The maximum atomic E-state index is 10.4. The summed E-state index contributed by atoms with van der Waals surface area (Å²) in [6, 6.07) is 24.2. The summed E-state index contributed by atoms with van der Waals surface area (Å²) < 4.78 is 6.73. The number of benzene rings is 5. The lowest BCUT2D eigenvalue weighted by molar-refractivity contribution is 0.426. The summed E-state index contributed by atoms with van der Waals surface area (Å²) in [7, 11) is 9.34. The molecule has 0 bridgehead atoms. The Bertz CT molecular complexity index is 1790. The zero-order valence-corrected chi connectivity index (χ0v) is 21.8. The van der Waals surface area contributed by atoms with Crippen molar-refractivity contribution in [3.05, 3.63) is 72.8 Å². The van der Waals surface area contributed by atoms with Crippen LogP contribution in [-0.2, 0) is 0 Å². The molecule has 0 aliphatic carbocycles. The lowest BCUT2D eigenvalue weighted by Crippen LogP contribution is -2.55. The summed E-state index contributed by atoms with van der Waals surface area (Å²) in [5, 5.41) is 25.5. The van der Waals surface area contributed by atoms with Crippen molar-refractivity contribution in [1.82, 2.24) is 0 Å². The maximum absolute atomic E-state index is 10.4. The molecular weight excluding hydrogens is 449 g/mol. The van der Waals surface area contributed by atoms with E-state index in [0.29, 0.717) is 5.46 Å². The molecule has 0 aliphatic heterocycles. The fourth-order valence-electron chi connectivity index (χ4n) is 6.02. The van der Waals surface area contributed by atoms with Crippen LogP contribution in [0.5, 0.6) is 0 Å². The van der Waals surface area contributed by atoms with Gasteiger partial charge in [-0.1, -0.05) is 77.7 Å². The molecule has 6 aromatic rings. The van der Waals surface area contributed by atoms with Crippen LogP contribution in [0.3, 0.4) is 0 Å². The van der Waals surface area contributed by atoms with E-state index in [2.05, 4.69) is 57.4 Å². The molecule has 0 amide bonds. The molecule has 0 radical (unpaired) electrons. The standard InChI is InChI=1S/C28H24B6O3/c29-22-21(23(30)25(32)26(33)24(22)31)28-20(17-11-5-6-12-18(17)37-28)19-13-7-1-3-9-15(13)27(34(35)36)16-10-4-2-8-14(16)19/h1-12,35-36H,29-33H2. The Balaban J connectivity index is 1.88. The van der Waals surface area contributed by atoms with E-state index in [4.69, 9.17) is 4.42 Å². The second-order valence-electron chi connectivity index (χ2n) is 10.1. The Hall–Kier alpha value is -3.53. The van der Waals surface area contributed by atoms with Gasteiger partial charge < -0.3 is 14.5 Å². The van der Waals surface area contributed by atoms with Gasteiger partial charge in [0.25, 0.3) is 0 Å². The van der Waals surface area contributed by atoms with Gasteiger partial charge in [0.05, 0.1) is 0 Å². The van der Waals surface area contributed by atoms with Gasteiger partial charge in [-0.05, 0) is 33.1 Å². The van der Waals surface area contributed by atoms with Crippen LogP contribution < -0.4 is 32.8 Å². The quantitative estimate of drug-likeness (QED) is 0.214. The van der Waals surface area contributed by atoms with Gasteiger partial charge in [-0.15, -0.1) is 16.4 Å². The highest BCUT2D eigenvalue weighted by Gasteiger charge is 2.27. The van der Waals surface area contributed by atoms with E-state index >= 15 is 0 Å². The van der Waals surface area contributed by atoms with E-state index in [1.165, 1.54) is 27.3 Å². The van der Waals surface area contributed by atoms with Crippen molar-refractivity contribution in [2.24, 2.45) is 0 Å². The highest BCUT2D eigenvalue weighted by atomic mass is 16.4. The molecule has 1 heterocycles. The molecule has 1 aromatic heterocycles. The van der Waals surface area contributed by atoms with Crippen molar-refractivity contribution in [3.8, 4) is 22.5 Å². The Morgan fingerprint density at radius 2 is 0.919 bits per heavy atom. The number of furan rings is 1. The summed E-state index contributed by atoms with van der Waals surface area (Å²) in [5.41, 5.74) is 10.9. The van der Waals surface area contributed by atoms with E-state index in [-0.39, 0.29) is 0 Å². The Labute approximate surface area is 221 Å². The van der Waals surface area contributed by atoms with Crippen LogP contribution in [0, 0.1) is 0 Å². The number of rotatable bonds is 3. The van der Waals surface area contributed by atoms with E-state index in [1.807, 2.05) is 54.6 Å². The summed E-state index contributed by atoms with van der Waals surface area (Å²) >= 11 is 0. The SMILES string of the molecule is Bc1c(B)c(B)c(-c2oc3ccccc3c2-c2c3ccccc3c(B(O)O)c3ccccc23)c(B)c1B. The zero-order valence-electron chi connectivity index (χ0n) is 21.8. The Kier molecular flexibility index (Phi) is 5.67. The molecule has 0 saturated carbocycles. The zero-order chi connectivity index (χ0) is 26.0. The summed E-state index contributed by atoms with van der Waals surface area (Å²) in [5.74, 6) is 0.856. The number of hydrogen-bond acceptors (Lipinski definition) is 3. The third-order valence-electron chi connectivity index (χ3n) is 8.30. The number of hydrogen-bond donors (Lipinski definition) is 2. The van der Waals surface area contributed by atoms with Crippen molar-refractivity contribution in [2.75, 3.05) is 0 Å². The van der Waals surface area contributed by atoms with Crippen LogP contribution in [0.4, 0.5) is 0 Å². The van der Waals surface area contributed by atoms with Crippen molar-refractivity contribution >= 4 is 112 Å². The first-order valence-corrected chi connectivity index (χ1v) is 12.7. The molecule has 5 aromatic carbocycles. The van der Waals surface area contributed by atoms with Crippen LogP contribution in [0.1, 0.15) is 0 Å². The number of fused-ring (bicyclic) bond motifs is 3. The molecular formula is C28H24B6O3. The molecule has 2 N–H and O–H groups in total. The van der Waals surface area contributed by atoms with Gasteiger partial charge >= 0.3 is 7.12 Å². The van der Waals surface area contributed by atoms with E-state index < -0.39 is 7.12 Å². The van der Waals surface area contributed by atoms with Crippen LogP contribution in [0.25, 0.3) is 55.0 Å². The molecule has 3 nitrogen and oxygen atoms in total. The second kappa shape index (κ2) is 8.79.